The molecule has 3 rings (SSSR count). The minimum Gasteiger partial charge on any atom is -0.460 e. The molecule has 0 spiro atoms. The fourth-order valence-corrected chi connectivity index (χ4v) is 2.92. The maximum atomic E-state index is 10.8. The van der Waals surface area contributed by atoms with Crippen LogP contribution in [0.1, 0.15) is 18.1 Å². The van der Waals surface area contributed by atoms with Gasteiger partial charge in [0.2, 0.25) is 0 Å². The number of esters is 1. The van der Waals surface area contributed by atoms with Crippen LogP contribution >= 0.6 is 0 Å². The van der Waals surface area contributed by atoms with E-state index in [1.54, 1.807) is 0 Å². The standard InChI is InChI=1S/C15H20N2O2/c1-11(18)19-15-8-17(9-15)10-16-14-6-12-4-2-3-5-13(12)7-14/h2-5,14-16H,6-10H2,1H3. The van der Waals surface area contributed by atoms with E-state index in [0.717, 1.165) is 32.6 Å². The van der Waals surface area contributed by atoms with Crippen molar-refractivity contribution in [3.63, 3.8) is 0 Å². The van der Waals surface area contributed by atoms with Gasteiger partial charge in [0.1, 0.15) is 6.10 Å². The first-order valence-corrected chi connectivity index (χ1v) is 6.90. The Hall–Kier alpha value is -1.39. The molecular weight excluding hydrogens is 240 g/mol. The number of nitrogens with one attached hydrogen (secondary N) is 1. The molecular formula is C15H20N2O2. The molecule has 1 N–H and O–H groups in total. The predicted molar refractivity (Wildman–Crippen MR) is 72.8 cm³/mol. The molecule has 102 valence electrons. The van der Waals surface area contributed by atoms with Crippen molar-refractivity contribution in [1.29, 1.82) is 0 Å². The molecule has 0 radical (unpaired) electrons. The molecule has 0 unspecified atom stereocenters. The van der Waals surface area contributed by atoms with Crippen LogP contribution in [0.25, 0.3) is 0 Å². The van der Waals surface area contributed by atoms with Crippen molar-refractivity contribution in [2.24, 2.45) is 0 Å². The lowest BCUT2D eigenvalue weighted by Gasteiger charge is -2.38. The summed E-state index contributed by atoms with van der Waals surface area (Å²) in [6, 6.07) is 9.21. The second-order valence-electron chi connectivity index (χ2n) is 5.50. The highest BCUT2D eigenvalue weighted by Gasteiger charge is 2.29. The lowest BCUT2D eigenvalue weighted by Crippen LogP contribution is -2.56. The van der Waals surface area contributed by atoms with Crippen molar-refractivity contribution in [2.75, 3.05) is 19.8 Å². The van der Waals surface area contributed by atoms with Gasteiger partial charge in [-0.05, 0) is 24.0 Å². The Balaban J connectivity index is 1.38. The van der Waals surface area contributed by atoms with Crippen LogP contribution in [0, 0.1) is 0 Å². The second kappa shape index (κ2) is 5.31. The molecule has 1 fully saturated rings. The number of benzene rings is 1. The Kier molecular flexibility index (Phi) is 3.53. The van der Waals surface area contributed by atoms with Crippen molar-refractivity contribution in [2.45, 2.75) is 31.9 Å². The summed E-state index contributed by atoms with van der Waals surface area (Å²) in [7, 11) is 0. The van der Waals surface area contributed by atoms with Gasteiger partial charge in [0, 0.05) is 32.7 Å². The van der Waals surface area contributed by atoms with Gasteiger partial charge < -0.3 is 10.1 Å². The Labute approximate surface area is 113 Å². The molecule has 1 heterocycles. The van der Waals surface area contributed by atoms with E-state index in [-0.39, 0.29) is 12.1 Å². The van der Waals surface area contributed by atoms with Gasteiger partial charge in [0.25, 0.3) is 0 Å². The Morgan fingerprint density at radius 2 is 1.95 bits per heavy atom. The number of likely N-dealkylation sites (tertiary alicyclic amines) is 1. The number of hydrogen-bond donors (Lipinski definition) is 1. The monoisotopic (exact) mass is 260 g/mol. The average Bonchev–Trinajstić information content (AvgIpc) is 2.74. The highest BCUT2D eigenvalue weighted by Crippen LogP contribution is 2.21. The summed E-state index contributed by atoms with van der Waals surface area (Å²) in [5.74, 6) is -0.177. The molecule has 0 amide bonds. The summed E-state index contributed by atoms with van der Waals surface area (Å²) in [4.78, 5) is 13.1. The zero-order chi connectivity index (χ0) is 13.2. The van der Waals surface area contributed by atoms with Crippen LogP contribution in [0.2, 0.25) is 0 Å². The molecule has 1 aliphatic carbocycles. The van der Waals surface area contributed by atoms with Gasteiger partial charge in [0.05, 0.1) is 0 Å². The summed E-state index contributed by atoms with van der Waals surface area (Å²) in [5, 5.41) is 3.59. The quantitative estimate of drug-likeness (QED) is 0.818. The van der Waals surface area contributed by atoms with Crippen molar-refractivity contribution in [3.05, 3.63) is 35.4 Å². The summed E-state index contributed by atoms with van der Waals surface area (Å²) in [6.07, 6.45) is 2.34. The molecule has 0 atom stereocenters. The Bertz CT molecular complexity index is 444. The van der Waals surface area contributed by atoms with E-state index in [1.165, 1.54) is 18.1 Å². The smallest absolute Gasteiger partial charge is 0.302 e. The SMILES string of the molecule is CC(=O)OC1CN(CNC2Cc3ccccc3C2)C1. The van der Waals surface area contributed by atoms with Crippen molar-refractivity contribution >= 4 is 5.97 Å². The number of ether oxygens (including phenoxy) is 1. The zero-order valence-corrected chi connectivity index (χ0v) is 11.3. The Morgan fingerprint density at radius 1 is 1.32 bits per heavy atom. The summed E-state index contributed by atoms with van der Waals surface area (Å²) in [5.41, 5.74) is 2.95. The Morgan fingerprint density at radius 3 is 2.53 bits per heavy atom. The lowest BCUT2D eigenvalue weighted by atomic mass is 10.1. The highest BCUT2D eigenvalue weighted by molar-refractivity contribution is 5.66. The van der Waals surface area contributed by atoms with Crippen LogP contribution in [0.4, 0.5) is 0 Å². The van der Waals surface area contributed by atoms with Gasteiger partial charge in [-0.15, -0.1) is 0 Å². The minimum atomic E-state index is -0.177. The van der Waals surface area contributed by atoms with Crippen LogP contribution in [0.3, 0.4) is 0 Å². The molecule has 1 aromatic rings. The molecule has 4 nitrogen and oxygen atoms in total. The molecule has 19 heavy (non-hydrogen) atoms. The first-order valence-electron chi connectivity index (χ1n) is 6.90. The van der Waals surface area contributed by atoms with Gasteiger partial charge in [-0.2, -0.15) is 0 Å². The highest BCUT2D eigenvalue weighted by atomic mass is 16.5. The predicted octanol–water partition coefficient (Wildman–Crippen LogP) is 0.948. The van der Waals surface area contributed by atoms with Gasteiger partial charge in [0.15, 0.2) is 0 Å². The summed E-state index contributed by atoms with van der Waals surface area (Å²) in [6.45, 7) is 4.06. The molecule has 4 heteroatoms. The van der Waals surface area contributed by atoms with E-state index in [9.17, 15) is 4.79 Å². The molecule has 0 aromatic heterocycles. The number of nitrogens with zero attached hydrogens (tertiary/aromatic N) is 1. The van der Waals surface area contributed by atoms with Crippen LogP contribution in [0.5, 0.6) is 0 Å². The van der Waals surface area contributed by atoms with Crippen molar-refractivity contribution < 1.29 is 9.53 Å². The minimum absolute atomic E-state index is 0.0973. The number of carbonyl (C=O) groups is 1. The average molecular weight is 260 g/mol. The van der Waals surface area contributed by atoms with Crippen molar-refractivity contribution in [3.8, 4) is 0 Å². The van der Waals surface area contributed by atoms with Gasteiger partial charge in [-0.1, -0.05) is 24.3 Å². The molecule has 0 bridgehead atoms. The second-order valence-corrected chi connectivity index (χ2v) is 5.50. The lowest BCUT2D eigenvalue weighted by molar-refractivity contribution is -0.154. The van der Waals surface area contributed by atoms with Crippen LogP contribution in [-0.2, 0) is 22.4 Å². The number of carbonyl (C=O) groups excluding carboxylic acids is 1. The summed E-state index contributed by atoms with van der Waals surface area (Å²) >= 11 is 0. The third-order valence-corrected chi connectivity index (χ3v) is 3.91. The van der Waals surface area contributed by atoms with E-state index in [4.69, 9.17) is 4.74 Å². The number of rotatable bonds is 4. The van der Waals surface area contributed by atoms with Gasteiger partial charge >= 0.3 is 5.97 Å². The molecule has 1 aliphatic heterocycles. The van der Waals surface area contributed by atoms with Crippen LogP contribution in [0.15, 0.2) is 24.3 Å². The third kappa shape index (κ3) is 2.96. The third-order valence-electron chi connectivity index (χ3n) is 3.91. The maximum Gasteiger partial charge on any atom is 0.302 e. The van der Waals surface area contributed by atoms with Crippen LogP contribution in [-0.4, -0.2) is 42.8 Å². The van der Waals surface area contributed by atoms with Gasteiger partial charge in [-0.25, -0.2) is 0 Å². The molecule has 1 saturated heterocycles. The molecule has 2 aliphatic rings. The van der Waals surface area contributed by atoms with Crippen molar-refractivity contribution in [1.82, 2.24) is 10.2 Å². The normalized spacial score (nSPS) is 20.1. The summed E-state index contributed by atoms with van der Waals surface area (Å²) < 4.78 is 5.13. The fourth-order valence-electron chi connectivity index (χ4n) is 2.92. The van der Waals surface area contributed by atoms with Gasteiger partial charge in [-0.3, -0.25) is 9.69 Å². The molecule has 1 aromatic carbocycles. The number of hydrogen-bond acceptors (Lipinski definition) is 4. The zero-order valence-electron chi connectivity index (χ0n) is 11.3. The molecule has 0 saturated carbocycles. The topological polar surface area (TPSA) is 41.6 Å². The fraction of sp³-hybridized carbons (Fsp3) is 0.533. The van der Waals surface area contributed by atoms with E-state index >= 15 is 0 Å². The van der Waals surface area contributed by atoms with E-state index in [2.05, 4.69) is 34.5 Å². The largest absolute Gasteiger partial charge is 0.460 e. The van der Waals surface area contributed by atoms with E-state index < -0.39 is 0 Å². The number of fused-ring (bicyclic) bond motifs is 1. The van der Waals surface area contributed by atoms with E-state index in [0.29, 0.717) is 6.04 Å². The van der Waals surface area contributed by atoms with Crippen LogP contribution < -0.4 is 5.32 Å². The van der Waals surface area contributed by atoms with E-state index in [1.807, 2.05) is 0 Å². The first kappa shape index (κ1) is 12.6. The first-order chi connectivity index (χ1) is 9.20. The maximum absolute atomic E-state index is 10.8.